The fourth-order valence-corrected chi connectivity index (χ4v) is 5.94. The molecule has 0 spiro atoms. The molecule has 0 bridgehead atoms. The van der Waals surface area contributed by atoms with Crippen molar-refractivity contribution in [2.24, 2.45) is 0 Å². The quantitative estimate of drug-likeness (QED) is 0.365. The van der Waals surface area contributed by atoms with Crippen molar-refractivity contribution in [3.8, 4) is 0 Å². The van der Waals surface area contributed by atoms with Crippen LogP contribution in [0.2, 0.25) is 0 Å². The van der Waals surface area contributed by atoms with E-state index in [1.165, 1.54) is 0 Å². The first-order chi connectivity index (χ1) is 8.95. The monoisotopic (exact) mass is 414 g/mol. The Balaban J connectivity index is 2.49. The Bertz CT molecular complexity index is 523. The number of nitrogens with one attached hydrogen (secondary N) is 1. The van der Waals surface area contributed by atoms with Crippen LogP contribution in [0.1, 0.15) is 0 Å². The summed E-state index contributed by atoms with van der Waals surface area (Å²) in [6.45, 7) is 0. The zero-order chi connectivity index (χ0) is 14.3. The average molecular weight is 416 g/mol. The molecule has 10 heteroatoms. The number of rotatable bonds is 4. The average Bonchev–Trinajstić information content (AvgIpc) is 2.38. The van der Waals surface area contributed by atoms with Crippen LogP contribution in [-0.4, -0.2) is 53.4 Å². The van der Waals surface area contributed by atoms with E-state index < -0.39 is 38.3 Å². The van der Waals surface area contributed by atoms with Gasteiger partial charge in [-0.3, -0.25) is 18.7 Å². The molecule has 0 aromatic carbocycles. The lowest BCUT2D eigenvalue weighted by atomic mass is 10.0. The molecule has 2 amide bonds. The summed E-state index contributed by atoms with van der Waals surface area (Å²) in [6.07, 6.45) is 0.338. The number of nitrogens with zero attached hydrogens (tertiary/aromatic N) is 1. The minimum atomic E-state index is -1.54. The molecule has 0 saturated carbocycles. The van der Waals surface area contributed by atoms with Crippen molar-refractivity contribution >= 4 is 60.9 Å². The molecule has 0 aliphatic carbocycles. The lowest BCUT2D eigenvalue weighted by molar-refractivity contribution is -0.150. The number of amides is 2. The van der Waals surface area contributed by atoms with Gasteiger partial charge in [-0.25, -0.2) is 4.79 Å². The second-order valence-electron chi connectivity index (χ2n) is 3.82. The minimum Gasteiger partial charge on any atom is -0.477 e. The van der Waals surface area contributed by atoms with Crippen molar-refractivity contribution in [2.75, 3.05) is 5.33 Å². The smallest absolute Gasteiger partial charge is 0.352 e. The Hall–Kier alpha value is -0.740. The first kappa shape index (κ1) is 14.7. The molecular weight excluding hydrogens is 408 g/mol. The second-order valence-corrected chi connectivity index (χ2v) is 7.51. The molecule has 4 atom stereocenters. The van der Waals surface area contributed by atoms with Gasteiger partial charge in [0.2, 0.25) is 6.41 Å². The number of carbonyl (C=O) groups excluding carboxylic acids is 2. The molecular formula is C9H8Br2N2O5S. The summed E-state index contributed by atoms with van der Waals surface area (Å²) in [7, 11) is -1.54. The van der Waals surface area contributed by atoms with Gasteiger partial charge in [0.1, 0.15) is 21.3 Å². The summed E-state index contributed by atoms with van der Waals surface area (Å²) in [6, 6.07) is -0.940. The van der Waals surface area contributed by atoms with Crippen LogP contribution in [0.3, 0.4) is 0 Å². The first-order valence-electron chi connectivity index (χ1n) is 5.04. The van der Waals surface area contributed by atoms with E-state index in [-0.39, 0.29) is 11.0 Å². The lowest BCUT2D eigenvalue weighted by Gasteiger charge is -2.49. The van der Waals surface area contributed by atoms with E-state index in [4.69, 9.17) is 0 Å². The number of alkyl halides is 2. The molecule has 2 rings (SSSR count). The van der Waals surface area contributed by atoms with Gasteiger partial charge in [-0.15, -0.1) is 0 Å². The first-order valence-corrected chi connectivity index (χ1v) is 8.35. The van der Waals surface area contributed by atoms with Gasteiger partial charge in [0, 0.05) is 5.33 Å². The molecule has 2 N–H and O–H groups in total. The zero-order valence-corrected chi connectivity index (χ0v) is 13.2. The number of carbonyl (C=O) groups is 3. The minimum absolute atomic E-state index is 0.179. The van der Waals surface area contributed by atoms with Crippen molar-refractivity contribution in [1.29, 1.82) is 0 Å². The predicted molar refractivity (Wildman–Crippen MR) is 72.9 cm³/mol. The molecule has 2 aliphatic heterocycles. The van der Waals surface area contributed by atoms with Crippen LogP contribution in [0.25, 0.3) is 0 Å². The van der Waals surface area contributed by atoms with E-state index in [1.807, 2.05) is 0 Å². The number of carboxylic acids is 1. The van der Waals surface area contributed by atoms with E-state index >= 15 is 0 Å². The van der Waals surface area contributed by atoms with E-state index in [9.17, 15) is 23.7 Å². The molecule has 0 radical (unpaired) electrons. The fraction of sp³-hybridized carbons (Fsp3) is 0.444. The Kier molecular flexibility index (Phi) is 4.11. The Labute approximate surface area is 127 Å². The third-order valence-corrected chi connectivity index (χ3v) is 6.81. The van der Waals surface area contributed by atoms with Crippen LogP contribution in [-0.2, 0) is 25.2 Å². The topological polar surface area (TPSA) is 104 Å². The number of carboxylic acid groups (broad SMARTS) is 1. The highest BCUT2D eigenvalue weighted by Gasteiger charge is 2.58. The summed E-state index contributed by atoms with van der Waals surface area (Å²) in [5.41, 5.74) is 0.150. The molecule has 0 aromatic rings. The highest BCUT2D eigenvalue weighted by molar-refractivity contribution is 9.11. The van der Waals surface area contributed by atoms with Crippen molar-refractivity contribution in [3.05, 3.63) is 11.3 Å². The number of hydrogen-bond donors (Lipinski definition) is 2. The van der Waals surface area contributed by atoms with Gasteiger partial charge in [-0.05, 0) is 5.57 Å². The van der Waals surface area contributed by atoms with Gasteiger partial charge in [0.05, 0.1) is 10.8 Å². The van der Waals surface area contributed by atoms with Crippen LogP contribution < -0.4 is 5.32 Å². The Morgan fingerprint density at radius 2 is 2.21 bits per heavy atom. The summed E-state index contributed by atoms with van der Waals surface area (Å²) < 4.78 is 11.5. The predicted octanol–water partition coefficient (Wildman–Crippen LogP) is -0.514. The van der Waals surface area contributed by atoms with Crippen LogP contribution in [0.15, 0.2) is 11.3 Å². The molecule has 3 unspecified atom stereocenters. The normalized spacial score (nSPS) is 33.6. The third kappa shape index (κ3) is 2.05. The van der Waals surface area contributed by atoms with E-state index in [1.54, 1.807) is 0 Å². The molecule has 2 heterocycles. The van der Waals surface area contributed by atoms with Crippen LogP contribution in [0, 0.1) is 0 Å². The van der Waals surface area contributed by atoms with Gasteiger partial charge in [0.25, 0.3) is 5.91 Å². The maximum Gasteiger partial charge on any atom is 0.352 e. The van der Waals surface area contributed by atoms with Crippen molar-refractivity contribution in [3.63, 3.8) is 0 Å². The lowest BCUT2D eigenvalue weighted by Crippen LogP contribution is -2.73. The molecule has 19 heavy (non-hydrogen) atoms. The summed E-state index contributed by atoms with van der Waals surface area (Å²) in [4.78, 5) is 34.6. The van der Waals surface area contributed by atoms with Crippen molar-refractivity contribution in [2.45, 2.75) is 15.6 Å². The highest BCUT2D eigenvalue weighted by Crippen LogP contribution is 2.40. The van der Waals surface area contributed by atoms with Crippen molar-refractivity contribution < 1.29 is 23.7 Å². The number of fused-ring (bicyclic) bond motifs is 1. The SMILES string of the molecule is O=CNC1C(=O)N2C(C(=O)O)=C(CBr)C(Br)S(=O)[C@H]12. The standard InChI is InChI=1S/C9H8Br2N2O5S/c10-1-3-5(9(16)17)13-7(15)4(12-2-14)8(13)19(18)6(3)11/h2,4,6,8H,1H2,(H,12,14)(H,16,17)/t4?,6?,8-,19?/m1/s1. The molecule has 2 aliphatic rings. The van der Waals surface area contributed by atoms with E-state index in [0.717, 1.165) is 4.90 Å². The third-order valence-electron chi connectivity index (χ3n) is 2.90. The highest BCUT2D eigenvalue weighted by atomic mass is 79.9. The van der Waals surface area contributed by atoms with E-state index in [0.29, 0.717) is 12.0 Å². The summed E-state index contributed by atoms with van der Waals surface area (Å²) in [5, 5.41) is 10.8. The molecule has 1 fully saturated rings. The van der Waals surface area contributed by atoms with Crippen LogP contribution in [0.4, 0.5) is 0 Å². The van der Waals surface area contributed by atoms with Gasteiger partial charge in [0.15, 0.2) is 0 Å². The molecule has 7 nitrogen and oxygen atoms in total. The van der Waals surface area contributed by atoms with E-state index in [2.05, 4.69) is 37.2 Å². The number of hydrogen-bond acceptors (Lipinski definition) is 4. The molecule has 1 saturated heterocycles. The zero-order valence-electron chi connectivity index (χ0n) is 9.21. The summed E-state index contributed by atoms with van der Waals surface area (Å²) in [5.74, 6) is -1.83. The second kappa shape index (κ2) is 5.33. The Morgan fingerprint density at radius 1 is 1.58 bits per heavy atom. The van der Waals surface area contributed by atoms with Crippen molar-refractivity contribution in [1.82, 2.24) is 10.2 Å². The number of β-lactam (4-membered cyclic amide) rings is 1. The number of aliphatic carboxylic acids is 1. The Morgan fingerprint density at radius 3 is 2.68 bits per heavy atom. The van der Waals surface area contributed by atoms with Gasteiger partial charge >= 0.3 is 5.97 Å². The summed E-state index contributed by atoms with van der Waals surface area (Å²) >= 11 is 6.31. The molecule has 0 aromatic heterocycles. The van der Waals surface area contributed by atoms with Crippen LogP contribution in [0.5, 0.6) is 0 Å². The van der Waals surface area contributed by atoms with Gasteiger partial charge in [-0.2, -0.15) is 0 Å². The molecule has 104 valence electrons. The largest absolute Gasteiger partial charge is 0.477 e. The maximum absolute atomic E-state index is 12.2. The fourth-order valence-electron chi connectivity index (χ4n) is 2.06. The van der Waals surface area contributed by atoms with Gasteiger partial charge < -0.3 is 10.4 Å². The maximum atomic E-state index is 12.2. The van der Waals surface area contributed by atoms with Gasteiger partial charge in [-0.1, -0.05) is 31.9 Å². The van der Waals surface area contributed by atoms with Crippen LogP contribution >= 0.6 is 31.9 Å². The number of halogens is 2.